The molecule has 3 nitrogen and oxygen atoms in total. The van der Waals surface area contributed by atoms with E-state index in [-0.39, 0.29) is 6.61 Å². The average Bonchev–Trinajstić information content (AvgIpc) is 2.91. The van der Waals surface area contributed by atoms with Gasteiger partial charge in [-0.05, 0) is 22.4 Å². The van der Waals surface area contributed by atoms with Crippen LogP contribution in [0.3, 0.4) is 0 Å². The van der Waals surface area contributed by atoms with Crippen molar-refractivity contribution in [2.75, 3.05) is 6.61 Å². The summed E-state index contributed by atoms with van der Waals surface area (Å²) in [5, 5.41) is 14.6. The van der Waals surface area contributed by atoms with Gasteiger partial charge >= 0.3 is 5.97 Å². The lowest BCUT2D eigenvalue weighted by Crippen LogP contribution is -2.33. The zero-order chi connectivity index (χ0) is 13.0. The Hall–Kier alpha value is -1.65. The van der Waals surface area contributed by atoms with Gasteiger partial charge in [0.05, 0.1) is 0 Å². The molecule has 1 aromatic carbocycles. The second kappa shape index (κ2) is 5.33. The maximum atomic E-state index is 11.0. The number of benzene rings is 1. The van der Waals surface area contributed by atoms with Crippen molar-refractivity contribution >= 4 is 17.3 Å². The summed E-state index contributed by atoms with van der Waals surface area (Å²) in [4.78, 5) is 11.0. The molecule has 1 atom stereocenters. The fourth-order valence-corrected chi connectivity index (χ4v) is 2.48. The molecule has 0 radical (unpaired) electrons. The third kappa shape index (κ3) is 2.60. The van der Waals surface area contributed by atoms with Crippen LogP contribution in [0.2, 0.25) is 0 Å². The van der Waals surface area contributed by atoms with Gasteiger partial charge < -0.3 is 9.84 Å². The smallest absolute Gasteiger partial charge is 0.302 e. The molecule has 0 saturated heterocycles. The number of carbonyl (C=O) groups excluding carboxylic acids is 1. The Balaban J connectivity index is 2.37. The zero-order valence-corrected chi connectivity index (χ0v) is 10.8. The standard InChI is InChI=1S/C14H14O3S/c1-11(15)17-10-14(16,13-7-8-18-9-13)12-5-3-2-4-6-12/h2-9,16H,10H2,1H3. The summed E-state index contributed by atoms with van der Waals surface area (Å²) in [5.41, 5.74) is 0.164. The third-order valence-electron chi connectivity index (χ3n) is 2.73. The first-order chi connectivity index (χ1) is 8.63. The number of hydrogen-bond acceptors (Lipinski definition) is 4. The molecule has 94 valence electrons. The van der Waals surface area contributed by atoms with Gasteiger partial charge in [-0.15, -0.1) is 0 Å². The third-order valence-corrected chi connectivity index (χ3v) is 3.42. The van der Waals surface area contributed by atoms with E-state index >= 15 is 0 Å². The molecule has 1 aromatic heterocycles. The SMILES string of the molecule is CC(=O)OCC(O)(c1ccccc1)c1ccsc1. The van der Waals surface area contributed by atoms with Crippen molar-refractivity contribution in [3.8, 4) is 0 Å². The highest BCUT2D eigenvalue weighted by molar-refractivity contribution is 7.08. The van der Waals surface area contributed by atoms with Gasteiger partial charge in [0.1, 0.15) is 12.2 Å². The van der Waals surface area contributed by atoms with E-state index < -0.39 is 11.6 Å². The summed E-state index contributed by atoms with van der Waals surface area (Å²) in [7, 11) is 0. The lowest BCUT2D eigenvalue weighted by molar-refractivity contribution is -0.147. The molecule has 0 aliphatic rings. The van der Waals surface area contributed by atoms with Crippen molar-refractivity contribution < 1.29 is 14.6 Å². The number of ether oxygens (including phenoxy) is 1. The highest BCUT2D eigenvalue weighted by Gasteiger charge is 2.33. The maximum absolute atomic E-state index is 11.0. The summed E-state index contributed by atoms with van der Waals surface area (Å²) >= 11 is 1.49. The molecule has 1 N–H and O–H groups in total. The molecule has 4 heteroatoms. The molecule has 2 aromatic rings. The molecule has 0 saturated carbocycles. The van der Waals surface area contributed by atoms with E-state index in [0.717, 1.165) is 5.56 Å². The first-order valence-corrected chi connectivity index (χ1v) is 6.51. The molecule has 18 heavy (non-hydrogen) atoms. The number of esters is 1. The molecule has 2 rings (SSSR count). The molecule has 0 bridgehead atoms. The summed E-state index contributed by atoms with van der Waals surface area (Å²) in [5.74, 6) is -0.403. The number of thiophene rings is 1. The van der Waals surface area contributed by atoms with Crippen molar-refractivity contribution in [2.45, 2.75) is 12.5 Å². The van der Waals surface area contributed by atoms with Crippen LogP contribution in [0.5, 0.6) is 0 Å². The van der Waals surface area contributed by atoms with Gasteiger partial charge in [0.25, 0.3) is 0 Å². The molecule has 0 spiro atoms. The van der Waals surface area contributed by atoms with Gasteiger partial charge in [-0.25, -0.2) is 0 Å². The van der Waals surface area contributed by atoms with Gasteiger partial charge in [-0.2, -0.15) is 11.3 Å². The highest BCUT2D eigenvalue weighted by Crippen LogP contribution is 2.31. The summed E-state index contributed by atoms with van der Waals surface area (Å²) < 4.78 is 5.00. The average molecular weight is 262 g/mol. The Labute approximate surface area is 110 Å². The lowest BCUT2D eigenvalue weighted by Gasteiger charge is -2.27. The van der Waals surface area contributed by atoms with E-state index in [2.05, 4.69) is 0 Å². The second-order valence-corrected chi connectivity index (χ2v) is 4.80. The molecule has 0 aliphatic carbocycles. The van der Waals surface area contributed by atoms with E-state index in [1.165, 1.54) is 18.3 Å². The number of hydrogen-bond donors (Lipinski definition) is 1. The molecule has 0 amide bonds. The largest absolute Gasteiger partial charge is 0.462 e. The monoisotopic (exact) mass is 262 g/mol. The number of aliphatic hydroxyl groups is 1. The topological polar surface area (TPSA) is 46.5 Å². The van der Waals surface area contributed by atoms with Gasteiger partial charge in [0.15, 0.2) is 0 Å². The van der Waals surface area contributed by atoms with E-state index in [4.69, 9.17) is 4.74 Å². The minimum absolute atomic E-state index is 0.0803. The van der Waals surface area contributed by atoms with Gasteiger partial charge in [0, 0.05) is 12.5 Å². The van der Waals surface area contributed by atoms with Crippen LogP contribution >= 0.6 is 11.3 Å². The Morgan fingerprint density at radius 3 is 2.56 bits per heavy atom. The van der Waals surface area contributed by atoms with Crippen LogP contribution in [0.1, 0.15) is 18.1 Å². The summed E-state index contributed by atoms with van der Waals surface area (Å²) in [6.45, 7) is 1.25. The Morgan fingerprint density at radius 2 is 2.00 bits per heavy atom. The van der Waals surface area contributed by atoms with Crippen LogP contribution in [-0.4, -0.2) is 17.7 Å². The quantitative estimate of drug-likeness (QED) is 0.861. The van der Waals surface area contributed by atoms with Crippen LogP contribution in [0, 0.1) is 0 Å². The van der Waals surface area contributed by atoms with Crippen LogP contribution in [0.4, 0.5) is 0 Å². The highest BCUT2D eigenvalue weighted by atomic mass is 32.1. The summed E-state index contributed by atoms with van der Waals surface area (Å²) in [6.07, 6.45) is 0. The fourth-order valence-electron chi connectivity index (χ4n) is 1.75. The van der Waals surface area contributed by atoms with Gasteiger partial charge in [-0.1, -0.05) is 30.3 Å². The Kier molecular flexibility index (Phi) is 3.79. The minimum Gasteiger partial charge on any atom is -0.462 e. The minimum atomic E-state index is -1.28. The van der Waals surface area contributed by atoms with Crippen LogP contribution in [0.25, 0.3) is 0 Å². The number of rotatable bonds is 4. The summed E-state index contributed by atoms with van der Waals surface area (Å²) in [6, 6.07) is 11.0. The van der Waals surface area contributed by atoms with Crippen LogP contribution < -0.4 is 0 Å². The molecular formula is C14H14O3S. The predicted molar refractivity (Wildman–Crippen MR) is 70.4 cm³/mol. The van der Waals surface area contributed by atoms with E-state index in [1.54, 1.807) is 0 Å². The molecule has 1 unspecified atom stereocenters. The Morgan fingerprint density at radius 1 is 1.28 bits per heavy atom. The van der Waals surface area contributed by atoms with Gasteiger partial charge in [0.2, 0.25) is 0 Å². The van der Waals surface area contributed by atoms with Crippen molar-refractivity contribution in [1.29, 1.82) is 0 Å². The van der Waals surface area contributed by atoms with E-state index in [0.29, 0.717) is 5.56 Å². The van der Waals surface area contributed by atoms with Crippen LogP contribution in [0.15, 0.2) is 47.2 Å². The van der Waals surface area contributed by atoms with Crippen molar-refractivity contribution in [3.05, 3.63) is 58.3 Å². The lowest BCUT2D eigenvalue weighted by atomic mass is 9.89. The maximum Gasteiger partial charge on any atom is 0.302 e. The predicted octanol–water partition coefficient (Wildman–Crippen LogP) is 2.55. The van der Waals surface area contributed by atoms with E-state index in [1.807, 2.05) is 47.2 Å². The van der Waals surface area contributed by atoms with Gasteiger partial charge in [-0.3, -0.25) is 4.79 Å². The van der Waals surface area contributed by atoms with Crippen molar-refractivity contribution in [1.82, 2.24) is 0 Å². The van der Waals surface area contributed by atoms with Crippen molar-refractivity contribution in [3.63, 3.8) is 0 Å². The normalized spacial score (nSPS) is 13.9. The fraction of sp³-hybridized carbons (Fsp3) is 0.214. The first kappa shape index (κ1) is 12.8. The molecular weight excluding hydrogens is 248 g/mol. The second-order valence-electron chi connectivity index (χ2n) is 4.02. The zero-order valence-electron chi connectivity index (χ0n) is 10.00. The first-order valence-electron chi connectivity index (χ1n) is 5.57. The van der Waals surface area contributed by atoms with Crippen molar-refractivity contribution in [2.24, 2.45) is 0 Å². The van der Waals surface area contributed by atoms with Crippen LogP contribution in [-0.2, 0) is 15.1 Å². The molecule has 0 aliphatic heterocycles. The van der Waals surface area contributed by atoms with E-state index in [9.17, 15) is 9.90 Å². The molecule has 1 heterocycles. The number of carbonyl (C=O) groups is 1. The Bertz CT molecular complexity index is 507. The molecule has 0 fully saturated rings.